The van der Waals surface area contributed by atoms with Gasteiger partial charge in [-0.15, -0.1) is 0 Å². The van der Waals surface area contributed by atoms with Crippen molar-refractivity contribution in [3.05, 3.63) is 30.5 Å². The summed E-state index contributed by atoms with van der Waals surface area (Å²) in [6.07, 6.45) is 3.31. The van der Waals surface area contributed by atoms with Crippen molar-refractivity contribution in [3.8, 4) is 5.75 Å². The molecule has 26 heavy (non-hydrogen) atoms. The third kappa shape index (κ3) is 4.73. The first-order valence-electron chi connectivity index (χ1n) is 9.37. The number of rotatable bonds is 9. The Morgan fingerprint density at radius 1 is 1.27 bits per heavy atom. The number of hydrogen-bond donors (Lipinski definition) is 1. The van der Waals surface area contributed by atoms with Crippen molar-refractivity contribution >= 4 is 22.5 Å². The molecule has 0 fully saturated rings. The molecule has 1 amide bonds. The SMILES string of the molecule is CCCOc1ccc(NC(=O)C(C)(CC(C)C)OCC)c2cccnc12. The van der Waals surface area contributed by atoms with Crippen LogP contribution in [0.2, 0.25) is 0 Å². The Bertz CT molecular complexity index is 745. The van der Waals surface area contributed by atoms with E-state index in [1.165, 1.54) is 0 Å². The molecular weight excluding hydrogens is 328 g/mol. The Balaban J connectivity index is 2.34. The van der Waals surface area contributed by atoms with Gasteiger partial charge in [-0.2, -0.15) is 0 Å². The molecule has 0 aliphatic heterocycles. The zero-order valence-corrected chi connectivity index (χ0v) is 16.5. The lowest BCUT2D eigenvalue weighted by atomic mass is 9.93. The minimum atomic E-state index is -0.866. The van der Waals surface area contributed by atoms with Crippen LogP contribution in [0, 0.1) is 5.92 Å². The lowest BCUT2D eigenvalue weighted by molar-refractivity contribution is -0.140. The van der Waals surface area contributed by atoms with Crippen LogP contribution in [0.25, 0.3) is 10.9 Å². The second-order valence-corrected chi connectivity index (χ2v) is 7.08. The Kier molecular flexibility index (Phi) is 6.98. The van der Waals surface area contributed by atoms with E-state index < -0.39 is 5.60 Å². The van der Waals surface area contributed by atoms with Crippen molar-refractivity contribution in [3.63, 3.8) is 0 Å². The molecule has 2 rings (SSSR count). The summed E-state index contributed by atoms with van der Waals surface area (Å²) < 4.78 is 11.6. The molecule has 0 aliphatic carbocycles. The fraction of sp³-hybridized carbons (Fsp3) is 0.524. The normalized spacial score (nSPS) is 13.6. The molecule has 5 heteroatoms. The molecule has 1 heterocycles. The summed E-state index contributed by atoms with van der Waals surface area (Å²) in [6.45, 7) is 11.1. The molecule has 5 nitrogen and oxygen atoms in total. The molecule has 1 N–H and O–H groups in total. The monoisotopic (exact) mass is 358 g/mol. The molecule has 1 atom stereocenters. The van der Waals surface area contributed by atoms with E-state index in [4.69, 9.17) is 9.47 Å². The maximum absolute atomic E-state index is 13.0. The molecular formula is C21H30N2O3. The summed E-state index contributed by atoms with van der Waals surface area (Å²) >= 11 is 0. The first-order chi connectivity index (χ1) is 12.4. The van der Waals surface area contributed by atoms with Crippen LogP contribution in [0.3, 0.4) is 0 Å². The largest absolute Gasteiger partial charge is 0.491 e. The molecule has 0 saturated heterocycles. The van der Waals surface area contributed by atoms with Crippen LogP contribution in [0.15, 0.2) is 30.5 Å². The Morgan fingerprint density at radius 2 is 2.04 bits per heavy atom. The summed E-state index contributed by atoms with van der Waals surface area (Å²) in [4.78, 5) is 17.4. The number of carbonyl (C=O) groups excluding carboxylic acids is 1. The van der Waals surface area contributed by atoms with Crippen LogP contribution in [0.4, 0.5) is 5.69 Å². The fourth-order valence-electron chi connectivity index (χ4n) is 3.15. The molecule has 0 aliphatic rings. The quantitative estimate of drug-likeness (QED) is 0.699. The van der Waals surface area contributed by atoms with Gasteiger partial charge in [0.1, 0.15) is 16.9 Å². The van der Waals surface area contributed by atoms with Gasteiger partial charge in [-0.1, -0.05) is 20.8 Å². The van der Waals surface area contributed by atoms with Gasteiger partial charge in [-0.25, -0.2) is 0 Å². The highest BCUT2D eigenvalue weighted by atomic mass is 16.5. The zero-order valence-electron chi connectivity index (χ0n) is 16.5. The topological polar surface area (TPSA) is 60.5 Å². The van der Waals surface area contributed by atoms with Crippen molar-refractivity contribution in [2.75, 3.05) is 18.5 Å². The Labute approximate surface area is 156 Å². The summed E-state index contributed by atoms with van der Waals surface area (Å²) in [6, 6.07) is 7.53. The van der Waals surface area contributed by atoms with Gasteiger partial charge < -0.3 is 14.8 Å². The highest BCUT2D eigenvalue weighted by Crippen LogP contribution is 2.31. The van der Waals surface area contributed by atoms with Crippen LogP contribution in [0.5, 0.6) is 5.75 Å². The van der Waals surface area contributed by atoms with E-state index in [2.05, 4.69) is 31.1 Å². The van der Waals surface area contributed by atoms with E-state index in [-0.39, 0.29) is 5.91 Å². The molecule has 142 valence electrons. The maximum atomic E-state index is 13.0. The number of fused-ring (bicyclic) bond motifs is 1. The number of nitrogens with one attached hydrogen (secondary N) is 1. The standard InChI is InChI=1S/C21H30N2O3/c1-6-13-25-18-11-10-17(16-9-8-12-22-19(16)18)23-20(24)21(5,26-7-2)14-15(3)4/h8-12,15H,6-7,13-14H2,1-5H3,(H,23,24). The van der Waals surface area contributed by atoms with Crippen LogP contribution in [0.1, 0.15) is 47.5 Å². The van der Waals surface area contributed by atoms with Gasteiger partial charge in [0.15, 0.2) is 0 Å². The van der Waals surface area contributed by atoms with Crippen molar-refractivity contribution in [1.82, 2.24) is 4.98 Å². The molecule has 0 bridgehead atoms. The summed E-state index contributed by atoms with van der Waals surface area (Å²) in [5, 5.41) is 3.90. The van der Waals surface area contributed by atoms with Gasteiger partial charge in [0.25, 0.3) is 5.91 Å². The predicted octanol–water partition coefficient (Wildman–Crippen LogP) is 4.80. The molecule has 0 saturated carbocycles. The number of ether oxygens (including phenoxy) is 2. The van der Waals surface area contributed by atoms with E-state index in [9.17, 15) is 4.79 Å². The Morgan fingerprint density at radius 3 is 2.69 bits per heavy atom. The minimum Gasteiger partial charge on any atom is -0.491 e. The first kappa shape index (κ1) is 20.2. The summed E-state index contributed by atoms with van der Waals surface area (Å²) in [5.41, 5.74) is 0.604. The number of benzene rings is 1. The van der Waals surface area contributed by atoms with Gasteiger partial charge in [0, 0.05) is 18.2 Å². The van der Waals surface area contributed by atoms with Crippen LogP contribution in [-0.4, -0.2) is 29.7 Å². The summed E-state index contributed by atoms with van der Waals surface area (Å²) in [7, 11) is 0. The summed E-state index contributed by atoms with van der Waals surface area (Å²) in [5.74, 6) is 0.941. The highest BCUT2D eigenvalue weighted by molar-refractivity contribution is 6.05. The van der Waals surface area contributed by atoms with Crippen LogP contribution < -0.4 is 10.1 Å². The number of aromatic nitrogens is 1. The van der Waals surface area contributed by atoms with Gasteiger partial charge in [-0.05, 0) is 56.9 Å². The van der Waals surface area contributed by atoms with Crippen LogP contribution >= 0.6 is 0 Å². The second-order valence-electron chi connectivity index (χ2n) is 7.08. The van der Waals surface area contributed by atoms with Gasteiger partial charge >= 0.3 is 0 Å². The van der Waals surface area contributed by atoms with E-state index >= 15 is 0 Å². The maximum Gasteiger partial charge on any atom is 0.256 e. The third-order valence-electron chi connectivity index (χ3n) is 4.18. The zero-order chi connectivity index (χ0) is 19.2. The first-order valence-corrected chi connectivity index (χ1v) is 9.37. The minimum absolute atomic E-state index is 0.138. The van der Waals surface area contributed by atoms with Gasteiger partial charge in [0.2, 0.25) is 0 Å². The molecule has 2 aromatic rings. The molecule has 1 aromatic heterocycles. The number of carbonyl (C=O) groups is 1. The van der Waals surface area contributed by atoms with E-state index in [0.29, 0.717) is 25.6 Å². The lowest BCUT2D eigenvalue weighted by Gasteiger charge is -2.30. The second kappa shape index (κ2) is 8.99. The van der Waals surface area contributed by atoms with E-state index in [0.717, 1.165) is 28.8 Å². The third-order valence-corrected chi connectivity index (χ3v) is 4.18. The smallest absolute Gasteiger partial charge is 0.256 e. The molecule has 0 spiro atoms. The highest BCUT2D eigenvalue weighted by Gasteiger charge is 2.35. The van der Waals surface area contributed by atoms with Crippen molar-refractivity contribution < 1.29 is 14.3 Å². The number of nitrogens with zero attached hydrogens (tertiary/aromatic N) is 1. The Hall–Kier alpha value is -2.14. The van der Waals surface area contributed by atoms with Gasteiger partial charge in [0.05, 0.1) is 12.3 Å². The van der Waals surface area contributed by atoms with Crippen LogP contribution in [-0.2, 0) is 9.53 Å². The molecule has 1 aromatic carbocycles. The number of anilines is 1. The molecule has 1 unspecified atom stereocenters. The molecule has 0 radical (unpaired) electrons. The predicted molar refractivity (Wildman–Crippen MR) is 106 cm³/mol. The van der Waals surface area contributed by atoms with Gasteiger partial charge in [-0.3, -0.25) is 9.78 Å². The van der Waals surface area contributed by atoms with Crippen molar-refractivity contribution in [1.29, 1.82) is 0 Å². The lowest BCUT2D eigenvalue weighted by Crippen LogP contribution is -2.44. The number of pyridine rings is 1. The number of hydrogen-bond acceptors (Lipinski definition) is 4. The van der Waals surface area contributed by atoms with E-state index in [1.54, 1.807) is 6.20 Å². The fourth-order valence-corrected chi connectivity index (χ4v) is 3.15. The number of amides is 1. The van der Waals surface area contributed by atoms with Crippen molar-refractivity contribution in [2.45, 2.75) is 53.1 Å². The average molecular weight is 358 g/mol. The van der Waals surface area contributed by atoms with Crippen molar-refractivity contribution in [2.24, 2.45) is 5.92 Å². The van der Waals surface area contributed by atoms with E-state index in [1.807, 2.05) is 38.1 Å². The average Bonchev–Trinajstić information content (AvgIpc) is 2.60.